The fourth-order valence-corrected chi connectivity index (χ4v) is 2.65. The molecule has 24 heavy (non-hydrogen) atoms. The largest absolute Gasteiger partial charge is 0.362 e. The Morgan fingerprint density at radius 2 is 1.83 bits per heavy atom. The summed E-state index contributed by atoms with van der Waals surface area (Å²) in [6, 6.07) is 13.5. The number of pyridine rings is 1. The van der Waals surface area contributed by atoms with Gasteiger partial charge in [0.25, 0.3) is 0 Å². The van der Waals surface area contributed by atoms with E-state index in [2.05, 4.69) is 38.0 Å². The van der Waals surface area contributed by atoms with Crippen molar-refractivity contribution < 1.29 is 0 Å². The van der Waals surface area contributed by atoms with Gasteiger partial charge in [0.2, 0.25) is 5.69 Å². The van der Waals surface area contributed by atoms with Gasteiger partial charge in [-0.15, -0.1) is 0 Å². The maximum atomic E-state index is 7.26. The second-order valence-electron chi connectivity index (χ2n) is 5.49. The molecule has 118 valence electrons. The molecule has 0 unspecified atom stereocenters. The van der Waals surface area contributed by atoms with Gasteiger partial charge in [-0.3, -0.25) is 4.98 Å². The molecule has 1 aromatic heterocycles. The van der Waals surface area contributed by atoms with E-state index in [4.69, 9.17) is 6.57 Å². The maximum absolute atomic E-state index is 7.26. The standard InChI is InChI=1S/C20H18N4/c1-17(10-11-18-7-4-3-5-8-18)23-13-15-24(16-14-23)20-19(21-2)9-6-12-22-20/h3-9,12H,1,13-16H2. The van der Waals surface area contributed by atoms with Gasteiger partial charge in [0.05, 0.1) is 12.3 Å². The quantitative estimate of drug-likeness (QED) is 0.627. The van der Waals surface area contributed by atoms with Gasteiger partial charge >= 0.3 is 0 Å². The molecule has 1 aliphatic rings. The fraction of sp³-hybridized carbons (Fsp3) is 0.200. The summed E-state index contributed by atoms with van der Waals surface area (Å²) in [6.45, 7) is 14.6. The molecule has 1 saturated heterocycles. The summed E-state index contributed by atoms with van der Waals surface area (Å²) in [4.78, 5) is 12.3. The lowest BCUT2D eigenvalue weighted by Gasteiger charge is -2.36. The molecule has 4 nitrogen and oxygen atoms in total. The second kappa shape index (κ2) is 7.35. The molecule has 0 amide bonds. The van der Waals surface area contributed by atoms with Crippen LogP contribution in [-0.2, 0) is 0 Å². The highest BCUT2D eigenvalue weighted by Gasteiger charge is 2.20. The van der Waals surface area contributed by atoms with Gasteiger partial charge in [0.15, 0.2) is 0 Å². The average Bonchev–Trinajstić information content (AvgIpc) is 2.67. The number of benzene rings is 1. The van der Waals surface area contributed by atoms with Crippen molar-refractivity contribution in [3.63, 3.8) is 0 Å². The Kier molecular flexibility index (Phi) is 4.79. The van der Waals surface area contributed by atoms with E-state index in [0.717, 1.165) is 43.3 Å². The Morgan fingerprint density at radius 3 is 2.54 bits per heavy atom. The average molecular weight is 314 g/mol. The van der Waals surface area contributed by atoms with Crippen molar-refractivity contribution in [3.05, 3.63) is 77.9 Å². The van der Waals surface area contributed by atoms with Crippen molar-refractivity contribution in [2.75, 3.05) is 31.1 Å². The molecule has 0 spiro atoms. The van der Waals surface area contributed by atoms with Crippen molar-refractivity contribution in [3.8, 4) is 11.8 Å². The summed E-state index contributed by atoms with van der Waals surface area (Å²) < 4.78 is 0. The Bertz CT molecular complexity index is 816. The predicted octanol–water partition coefficient (Wildman–Crippen LogP) is 3.32. The van der Waals surface area contributed by atoms with Crippen LogP contribution in [-0.4, -0.2) is 36.1 Å². The lowest BCUT2D eigenvalue weighted by molar-refractivity contribution is 0.333. The van der Waals surface area contributed by atoms with Crippen LogP contribution >= 0.6 is 0 Å². The molecule has 2 aromatic rings. The molecule has 2 heterocycles. The number of hydrogen-bond donors (Lipinski definition) is 0. The lowest BCUT2D eigenvalue weighted by atomic mass is 10.2. The summed E-state index contributed by atoms with van der Waals surface area (Å²) in [5, 5.41) is 0. The van der Waals surface area contributed by atoms with Crippen LogP contribution in [0.2, 0.25) is 0 Å². The van der Waals surface area contributed by atoms with Gasteiger partial charge in [-0.25, -0.2) is 4.85 Å². The van der Waals surface area contributed by atoms with Gasteiger partial charge in [-0.2, -0.15) is 0 Å². The normalized spacial score (nSPS) is 13.6. The van der Waals surface area contributed by atoms with Crippen molar-refractivity contribution in [2.24, 2.45) is 0 Å². The van der Waals surface area contributed by atoms with Gasteiger partial charge in [0.1, 0.15) is 5.82 Å². The third-order valence-corrected chi connectivity index (χ3v) is 3.97. The van der Waals surface area contributed by atoms with E-state index in [1.807, 2.05) is 36.4 Å². The Labute approximate surface area is 142 Å². The van der Waals surface area contributed by atoms with Gasteiger partial charge in [0, 0.05) is 37.9 Å². The Balaban J connectivity index is 1.62. The van der Waals surface area contributed by atoms with Crippen LogP contribution in [0.5, 0.6) is 0 Å². The van der Waals surface area contributed by atoms with Crippen molar-refractivity contribution >= 4 is 11.5 Å². The predicted molar refractivity (Wildman–Crippen MR) is 96.7 cm³/mol. The molecule has 1 aromatic carbocycles. The van der Waals surface area contributed by atoms with E-state index >= 15 is 0 Å². The number of piperazine rings is 1. The second-order valence-corrected chi connectivity index (χ2v) is 5.49. The monoisotopic (exact) mass is 314 g/mol. The first-order valence-corrected chi connectivity index (χ1v) is 7.86. The minimum Gasteiger partial charge on any atom is -0.362 e. The van der Waals surface area contributed by atoms with Crippen LogP contribution in [0.25, 0.3) is 4.85 Å². The summed E-state index contributed by atoms with van der Waals surface area (Å²) in [5.74, 6) is 7.06. The van der Waals surface area contributed by atoms with Crippen LogP contribution < -0.4 is 4.90 Å². The summed E-state index contributed by atoms with van der Waals surface area (Å²) in [5.41, 5.74) is 2.44. The van der Waals surface area contributed by atoms with Crippen LogP contribution in [0.1, 0.15) is 5.56 Å². The van der Waals surface area contributed by atoms with E-state index in [1.54, 1.807) is 12.3 Å². The van der Waals surface area contributed by atoms with E-state index in [-0.39, 0.29) is 0 Å². The van der Waals surface area contributed by atoms with Crippen molar-refractivity contribution in [2.45, 2.75) is 0 Å². The van der Waals surface area contributed by atoms with E-state index in [9.17, 15) is 0 Å². The zero-order valence-corrected chi connectivity index (χ0v) is 13.4. The topological polar surface area (TPSA) is 23.7 Å². The first kappa shape index (κ1) is 15.6. The first-order valence-electron chi connectivity index (χ1n) is 7.86. The minimum atomic E-state index is 0.605. The molecule has 4 heteroatoms. The van der Waals surface area contributed by atoms with Gasteiger partial charge in [-0.05, 0) is 18.1 Å². The molecule has 0 saturated carbocycles. The van der Waals surface area contributed by atoms with Crippen LogP contribution in [0.3, 0.4) is 0 Å². The number of allylic oxidation sites excluding steroid dienone is 1. The van der Waals surface area contributed by atoms with Gasteiger partial charge < -0.3 is 9.80 Å². The number of nitrogens with zero attached hydrogens (tertiary/aromatic N) is 4. The van der Waals surface area contributed by atoms with E-state index in [1.165, 1.54) is 0 Å². The molecule has 1 aliphatic heterocycles. The number of anilines is 1. The van der Waals surface area contributed by atoms with Crippen molar-refractivity contribution in [1.82, 2.24) is 9.88 Å². The Morgan fingerprint density at radius 1 is 1.08 bits per heavy atom. The molecule has 0 radical (unpaired) electrons. The van der Waals surface area contributed by atoms with E-state index < -0.39 is 0 Å². The highest BCUT2D eigenvalue weighted by Crippen LogP contribution is 2.26. The highest BCUT2D eigenvalue weighted by molar-refractivity contribution is 5.66. The highest BCUT2D eigenvalue weighted by atomic mass is 15.3. The summed E-state index contributed by atoms with van der Waals surface area (Å²) in [7, 11) is 0. The maximum Gasteiger partial charge on any atom is 0.228 e. The Hall–Kier alpha value is -3.24. The third-order valence-electron chi connectivity index (χ3n) is 3.97. The zero-order chi connectivity index (χ0) is 16.8. The molecular weight excluding hydrogens is 296 g/mol. The van der Waals surface area contributed by atoms with Crippen molar-refractivity contribution in [1.29, 1.82) is 0 Å². The summed E-state index contributed by atoms with van der Waals surface area (Å²) in [6.07, 6.45) is 1.74. The minimum absolute atomic E-state index is 0.605. The van der Waals surface area contributed by atoms with Gasteiger partial charge in [-0.1, -0.05) is 42.8 Å². The SMILES string of the molecule is [C-]#[N+]c1cccnc1N1CCN(C(=C)C#Cc2ccccc2)CC1. The van der Waals surface area contributed by atoms with Crippen LogP contribution in [0.15, 0.2) is 60.9 Å². The van der Waals surface area contributed by atoms with Crippen LogP contribution in [0, 0.1) is 18.4 Å². The molecule has 0 atom stereocenters. The molecular formula is C20H18N4. The molecule has 3 rings (SSSR count). The molecule has 1 fully saturated rings. The molecule has 0 bridgehead atoms. The zero-order valence-electron chi connectivity index (χ0n) is 13.4. The molecule has 0 N–H and O–H groups in total. The smallest absolute Gasteiger partial charge is 0.228 e. The third kappa shape index (κ3) is 3.56. The number of aromatic nitrogens is 1. The first-order chi connectivity index (χ1) is 11.8. The van der Waals surface area contributed by atoms with Crippen LogP contribution in [0.4, 0.5) is 11.5 Å². The summed E-state index contributed by atoms with van der Waals surface area (Å²) >= 11 is 0. The van der Waals surface area contributed by atoms with E-state index in [0.29, 0.717) is 5.69 Å². The molecule has 0 aliphatic carbocycles. The lowest BCUT2D eigenvalue weighted by Crippen LogP contribution is -2.45. The number of rotatable bonds is 2. The number of hydrogen-bond acceptors (Lipinski definition) is 3. The fourth-order valence-electron chi connectivity index (χ4n) is 2.65.